The number of rotatable bonds is 4. The zero-order valence-electron chi connectivity index (χ0n) is 23.8. The molecule has 2 bridgehead atoms. The maximum atomic E-state index is 14.3. The summed E-state index contributed by atoms with van der Waals surface area (Å²) in [4.78, 5) is 43.1. The number of carbonyl (C=O) groups is 3. The Hall–Kier alpha value is -2.77. The van der Waals surface area contributed by atoms with Crippen LogP contribution in [0.1, 0.15) is 72.6 Å². The molecule has 216 valence electrons. The molecule has 7 heteroatoms. The van der Waals surface area contributed by atoms with E-state index < -0.39 is 20.5 Å². The van der Waals surface area contributed by atoms with Gasteiger partial charge in [0.15, 0.2) is 0 Å². The fourth-order valence-corrected chi connectivity index (χ4v) is 10.4. The normalized spacial score (nSPS) is 32.9. The van der Waals surface area contributed by atoms with Gasteiger partial charge in [-0.3, -0.25) is 9.59 Å². The maximum Gasteiger partial charge on any atom is 0.338 e. The molecule has 1 saturated carbocycles. The molecular weight excluding hydrogens is 658 g/mol. The van der Waals surface area contributed by atoms with Crippen molar-refractivity contribution in [3.63, 3.8) is 0 Å². The van der Waals surface area contributed by atoms with Crippen LogP contribution < -0.4 is 4.90 Å². The summed E-state index contributed by atoms with van der Waals surface area (Å²) >= 11 is 8.09. The highest BCUT2D eigenvalue weighted by atomic mass is 79.9. The van der Waals surface area contributed by atoms with Crippen LogP contribution in [0.2, 0.25) is 0 Å². The monoisotopic (exact) mass is 689 g/mol. The molecule has 4 aliphatic carbocycles. The second-order valence-corrected chi connectivity index (χ2v) is 15.3. The third-order valence-electron chi connectivity index (χ3n) is 10.2. The van der Waals surface area contributed by atoms with Gasteiger partial charge in [-0.15, -0.1) is 0 Å². The predicted molar refractivity (Wildman–Crippen MR) is 169 cm³/mol. The second kappa shape index (κ2) is 9.88. The Morgan fingerprint density at radius 2 is 1.29 bits per heavy atom. The highest BCUT2D eigenvalue weighted by Crippen LogP contribution is 2.70. The molecule has 8 rings (SSSR count). The molecule has 1 heterocycles. The Labute approximate surface area is 263 Å². The molecule has 5 atom stereocenters. The number of anilines is 1. The zero-order chi connectivity index (χ0) is 29.6. The number of ether oxygens (including phenoxy) is 1. The van der Waals surface area contributed by atoms with Crippen molar-refractivity contribution in [2.75, 3.05) is 4.90 Å². The molecule has 3 aromatic carbocycles. The van der Waals surface area contributed by atoms with Gasteiger partial charge in [-0.05, 0) is 77.1 Å². The number of imide groups is 1. The molecule has 0 unspecified atom stereocenters. The molecule has 42 heavy (non-hydrogen) atoms. The molecule has 0 N–H and O–H groups in total. The van der Waals surface area contributed by atoms with E-state index in [1.807, 2.05) is 48.5 Å². The summed E-state index contributed by atoms with van der Waals surface area (Å²) in [5.41, 5.74) is 4.88. The van der Waals surface area contributed by atoms with Gasteiger partial charge in [-0.25, -0.2) is 9.69 Å². The Morgan fingerprint density at radius 1 is 0.810 bits per heavy atom. The number of esters is 1. The lowest BCUT2D eigenvalue weighted by atomic mass is 9.54. The SMILES string of the molecule is CC(C)[C@@H]1CC[C@H](C)C[C@H]1OC(=O)c1ccc(N2C(=O)[C@@H]3[C@@H](C2=O)C2(Br)c4ccccc4C3(Br)c3ccccc32)cc1. The summed E-state index contributed by atoms with van der Waals surface area (Å²) in [6.07, 6.45) is 3.00. The number of nitrogens with zero attached hydrogens (tertiary/aromatic N) is 1. The first-order valence-corrected chi connectivity index (χ1v) is 16.4. The summed E-state index contributed by atoms with van der Waals surface area (Å²) < 4.78 is 4.37. The van der Waals surface area contributed by atoms with Gasteiger partial charge in [0.25, 0.3) is 0 Å². The van der Waals surface area contributed by atoms with Crippen LogP contribution in [0.25, 0.3) is 0 Å². The highest BCUT2D eigenvalue weighted by molar-refractivity contribution is 9.10. The number of halogens is 2. The predicted octanol–water partition coefficient (Wildman–Crippen LogP) is 7.71. The first-order chi connectivity index (χ1) is 20.1. The van der Waals surface area contributed by atoms with E-state index in [-0.39, 0.29) is 23.9 Å². The molecule has 0 radical (unpaired) electrons. The van der Waals surface area contributed by atoms with Crippen LogP contribution in [0, 0.1) is 29.6 Å². The van der Waals surface area contributed by atoms with Gasteiger partial charge in [0, 0.05) is 0 Å². The molecule has 5 aliphatic rings. The molecule has 2 fully saturated rings. The van der Waals surface area contributed by atoms with Crippen LogP contribution in [-0.2, 0) is 23.0 Å². The molecule has 0 spiro atoms. The molecule has 2 amide bonds. The van der Waals surface area contributed by atoms with Crippen LogP contribution in [-0.4, -0.2) is 23.9 Å². The third-order valence-corrected chi connectivity index (χ3v) is 12.9. The Kier molecular flexibility index (Phi) is 6.59. The van der Waals surface area contributed by atoms with E-state index in [9.17, 15) is 14.4 Å². The van der Waals surface area contributed by atoms with Gasteiger partial charge >= 0.3 is 5.97 Å². The van der Waals surface area contributed by atoms with E-state index in [4.69, 9.17) is 4.74 Å². The minimum Gasteiger partial charge on any atom is -0.458 e. The van der Waals surface area contributed by atoms with E-state index in [0.29, 0.717) is 29.0 Å². The van der Waals surface area contributed by atoms with Gasteiger partial charge in [-0.1, -0.05) is 108 Å². The third kappa shape index (κ3) is 3.75. The number of carbonyl (C=O) groups excluding carboxylic acids is 3. The molecule has 3 aromatic rings. The van der Waals surface area contributed by atoms with E-state index in [1.165, 1.54) is 4.90 Å². The zero-order valence-corrected chi connectivity index (χ0v) is 27.0. The smallest absolute Gasteiger partial charge is 0.338 e. The fourth-order valence-electron chi connectivity index (χ4n) is 8.12. The summed E-state index contributed by atoms with van der Waals surface area (Å²) in [5, 5.41) is 0. The lowest BCUT2D eigenvalue weighted by Gasteiger charge is -2.55. The largest absolute Gasteiger partial charge is 0.458 e. The molecule has 0 aromatic heterocycles. The van der Waals surface area contributed by atoms with Crippen molar-refractivity contribution in [2.45, 2.75) is 54.8 Å². The van der Waals surface area contributed by atoms with Crippen LogP contribution in [0.5, 0.6) is 0 Å². The van der Waals surface area contributed by atoms with Gasteiger partial charge in [0.1, 0.15) is 6.10 Å². The number of alkyl halides is 2. The first-order valence-electron chi connectivity index (χ1n) is 14.8. The molecule has 1 saturated heterocycles. The van der Waals surface area contributed by atoms with Crippen LogP contribution in [0.15, 0.2) is 72.8 Å². The van der Waals surface area contributed by atoms with E-state index in [2.05, 4.69) is 52.6 Å². The second-order valence-electron chi connectivity index (χ2n) is 12.8. The fraction of sp³-hybridized carbons (Fsp3) is 0.400. The number of amides is 2. The van der Waals surface area contributed by atoms with Crippen LogP contribution >= 0.6 is 31.9 Å². The van der Waals surface area contributed by atoms with Crippen molar-refractivity contribution in [3.05, 3.63) is 101 Å². The quantitative estimate of drug-likeness (QED) is 0.160. The number of hydrogen-bond donors (Lipinski definition) is 0. The summed E-state index contributed by atoms with van der Waals surface area (Å²) in [6, 6.07) is 22.8. The average Bonchev–Trinajstić information content (AvgIpc) is 3.26. The summed E-state index contributed by atoms with van der Waals surface area (Å²) in [6.45, 7) is 6.59. The van der Waals surface area contributed by atoms with Crippen molar-refractivity contribution < 1.29 is 19.1 Å². The summed E-state index contributed by atoms with van der Waals surface area (Å²) in [7, 11) is 0. The Balaban J connectivity index is 1.21. The van der Waals surface area contributed by atoms with Gasteiger partial charge < -0.3 is 4.74 Å². The lowest BCUT2D eigenvalue weighted by molar-refractivity contribution is -0.122. The van der Waals surface area contributed by atoms with Crippen molar-refractivity contribution in [1.82, 2.24) is 0 Å². The van der Waals surface area contributed by atoms with E-state index in [0.717, 1.165) is 41.5 Å². The van der Waals surface area contributed by atoms with Crippen molar-refractivity contribution in [3.8, 4) is 0 Å². The first kappa shape index (κ1) is 28.0. The minimum absolute atomic E-state index is 0.102. The van der Waals surface area contributed by atoms with E-state index >= 15 is 0 Å². The van der Waals surface area contributed by atoms with E-state index in [1.54, 1.807) is 24.3 Å². The molecule has 1 aliphatic heterocycles. The lowest BCUT2D eigenvalue weighted by Crippen LogP contribution is -2.56. The van der Waals surface area contributed by atoms with Gasteiger partial charge in [0.2, 0.25) is 11.8 Å². The van der Waals surface area contributed by atoms with Crippen LogP contribution in [0.4, 0.5) is 5.69 Å². The Morgan fingerprint density at radius 3 is 1.74 bits per heavy atom. The standard InChI is InChI=1S/C35H33Br2NO4/c1-19(2)23-17-12-20(3)18-28(23)42-33(41)21-13-15-22(16-14-21)38-31(39)29-30(32(38)40)35(37)25-9-5-4-8-24(25)34(29,36)26-10-6-7-11-27(26)35/h4-11,13-16,19-20,23,28-30H,12,17-18H2,1-3H3/t20-,23-,28+,29-,30-,34?,35?/m0/s1. The minimum atomic E-state index is -0.838. The number of hydrogen-bond acceptors (Lipinski definition) is 4. The Bertz CT molecular complexity index is 1490. The van der Waals surface area contributed by atoms with Crippen molar-refractivity contribution in [2.24, 2.45) is 29.6 Å². The van der Waals surface area contributed by atoms with Gasteiger partial charge in [-0.2, -0.15) is 0 Å². The summed E-state index contributed by atoms with van der Waals surface area (Å²) in [5.74, 6) is -0.816. The highest BCUT2D eigenvalue weighted by Gasteiger charge is 2.72. The maximum absolute atomic E-state index is 14.3. The van der Waals surface area contributed by atoms with Gasteiger partial charge in [0.05, 0.1) is 31.7 Å². The molecule has 5 nitrogen and oxygen atoms in total. The number of benzene rings is 3. The van der Waals surface area contributed by atoms with Crippen molar-refractivity contribution >= 4 is 55.3 Å². The van der Waals surface area contributed by atoms with Crippen LogP contribution in [0.3, 0.4) is 0 Å². The average molecular weight is 691 g/mol. The molecular formula is C35H33Br2NO4. The topological polar surface area (TPSA) is 63.7 Å². The van der Waals surface area contributed by atoms with Crippen molar-refractivity contribution in [1.29, 1.82) is 0 Å².